The number of hydrogen-bond donors (Lipinski definition) is 2. The Kier molecular flexibility index (Phi) is 7.40. The minimum absolute atomic E-state index is 0.147. The molecule has 0 saturated carbocycles. The van der Waals surface area contributed by atoms with Crippen molar-refractivity contribution in [2.45, 2.75) is 43.9 Å². The van der Waals surface area contributed by atoms with Crippen molar-refractivity contribution in [2.75, 3.05) is 13.7 Å². The van der Waals surface area contributed by atoms with Crippen LogP contribution in [0.4, 0.5) is 13.2 Å². The number of carbonyl (C=O) groups is 2. The van der Waals surface area contributed by atoms with E-state index in [-0.39, 0.29) is 18.9 Å². The summed E-state index contributed by atoms with van der Waals surface area (Å²) in [5, 5.41) is 12.4. The zero-order valence-electron chi connectivity index (χ0n) is 14.1. The van der Waals surface area contributed by atoms with Crippen LogP contribution in [0.1, 0.15) is 37.9 Å². The number of aliphatic hydroxyl groups is 1. The quantitative estimate of drug-likeness (QED) is 0.510. The summed E-state index contributed by atoms with van der Waals surface area (Å²) in [6.07, 6.45) is -1.95. The molecule has 7 nitrogen and oxygen atoms in total. The highest BCUT2D eigenvalue weighted by Gasteiger charge is 2.58. The number of carbonyl (C=O) groups excluding carboxylic acids is 2. The molecule has 1 unspecified atom stereocenters. The summed E-state index contributed by atoms with van der Waals surface area (Å²) in [6.45, 7) is 0.147. The highest BCUT2D eigenvalue weighted by Crippen LogP contribution is 2.40. The van der Waals surface area contributed by atoms with Crippen molar-refractivity contribution in [2.24, 2.45) is 7.05 Å². The molecule has 1 amide bonds. The number of aromatic nitrogens is 2. The van der Waals surface area contributed by atoms with Crippen molar-refractivity contribution >= 4 is 11.9 Å². The van der Waals surface area contributed by atoms with E-state index >= 15 is 0 Å². The largest absolute Gasteiger partial charge is 0.469 e. The number of imidazole rings is 1. The van der Waals surface area contributed by atoms with Gasteiger partial charge in [-0.15, -0.1) is 0 Å². The second-order valence-electron chi connectivity index (χ2n) is 5.63. The number of nitrogens with one attached hydrogen (secondary N) is 1. The van der Waals surface area contributed by atoms with Gasteiger partial charge in [0.15, 0.2) is 5.82 Å². The van der Waals surface area contributed by atoms with Crippen LogP contribution in [0, 0.1) is 0 Å². The Bertz CT molecular complexity index is 589. The lowest BCUT2D eigenvalue weighted by Crippen LogP contribution is -2.48. The van der Waals surface area contributed by atoms with Crippen molar-refractivity contribution in [1.82, 2.24) is 14.9 Å². The number of methoxy groups -OCH3 is 1. The third-order valence-corrected chi connectivity index (χ3v) is 3.68. The predicted octanol–water partition coefficient (Wildman–Crippen LogP) is 1.41. The first kappa shape index (κ1) is 20.9. The third-order valence-electron chi connectivity index (χ3n) is 3.68. The average Bonchev–Trinajstić information content (AvgIpc) is 2.95. The molecule has 0 fully saturated rings. The molecule has 0 aliphatic heterocycles. The number of ether oxygens (including phenoxy) is 1. The molecule has 1 aromatic rings. The highest BCUT2D eigenvalue weighted by molar-refractivity contribution is 5.77. The van der Waals surface area contributed by atoms with Crippen LogP contribution in [-0.4, -0.2) is 46.4 Å². The van der Waals surface area contributed by atoms with Gasteiger partial charge in [-0.2, -0.15) is 13.2 Å². The van der Waals surface area contributed by atoms with E-state index in [1.807, 2.05) is 0 Å². The molecule has 25 heavy (non-hydrogen) atoms. The van der Waals surface area contributed by atoms with E-state index in [1.165, 1.54) is 20.4 Å². The van der Waals surface area contributed by atoms with Gasteiger partial charge >= 0.3 is 12.1 Å². The monoisotopic (exact) mass is 365 g/mol. The summed E-state index contributed by atoms with van der Waals surface area (Å²) in [7, 11) is 2.59. The molecule has 1 heterocycles. The van der Waals surface area contributed by atoms with Crippen molar-refractivity contribution < 1.29 is 32.6 Å². The summed E-state index contributed by atoms with van der Waals surface area (Å²) in [5.41, 5.74) is -3.36. The molecule has 2 N–H and O–H groups in total. The number of hydrogen-bond acceptors (Lipinski definition) is 5. The fourth-order valence-corrected chi connectivity index (χ4v) is 2.27. The maximum Gasteiger partial charge on any atom is 0.425 e. The Morgan fingerprint density at radius 2 is 2.00 bits per heavy atom. The molecule has 0 saturated heterocycles. The molecule has 0 aromatic carbocycles. The van der Waals surface area contributed by atoms with E-state index in [1.54, 1.807) is 0 Å². The van der Waals surface area contributed by atoms with Gasteiger partial charge in [0, 0.05) is 32.4 Å². The first-order valence-corrected chi connectivity index (χ1v) is 7.72. The maximum atomic E-state index is 13.3. The second-order valence-corrected chi connectivity index (χ2v) is 5.63. The molecule has 1 aromatic heterocycles. The van der Waals surface area contributed by atoms with Crippen molar-refractivity contribution in [3.8, 4) is 0 Å². The number of esters is 1. The van der Waals surface area contributed by atoms with Crippen LogP contribution in [0.15, 0.2) is 12.4 Å². The molecule has 0 radical (unpaired) electrons. The summed E-state index contributed by atoms with van der Waals surface area (Å²) < 4.78 is 45.3. The molecule has 1 rings (SSSR count). The van der Waals surface area contributed by atoms with Crippen molar-refractivity contribution in [3.63, 3.8) is 0 Å². The average molecular weight is 365 g/mol. The van der Waals surface area contributed by atoms with Crippen LogP contribution in [0.2, 0.25) is 0 Å². The predicted molar refractivity (Wildman–Crippen MR) is 81.3 cm³/mol. The fraction of sp³-hybridized carbons (Fsp3) is 0.667. The number of halogens is 3. The van der Waals surface area contributed by atoms with Gasteiger partial charge in [-0.25, -0.2) is 4.98 Å². The van der Waals surface area contributed by atoms with Gasteiger partial charge in [0.2, 0.25) is 11.5 Å². The van der Waals surface area contributed by atoms with E-state index in [2.05, 4.69) is 15.0 Å². The minimum atomic E-state index is -5.05. The summed E-state index contributed by atoms with van der Waals surface area (Å²) >= 11 is 0. The number of aryl methyl sites for hydroxylation is 1. The molecule has 10 heteroatoms. The molecule has 1 atom stereocenters. The van der Waals surface area contributed by atoms with Crippen LogP contribution in [0.25, 0.3) is 0 Å². The zero-order valence-corrected chi connectivity index (χ0v) is 14.1. The number of rotatable bonds is 9. The topological polar surface area (TPSA) is 93.4 Å². The van der Waals surface area contributed by atoms with Crippen LogP contribution in [0.5, 0.6) is 0 Å². The van der Waals surface area contributed by atoms with Gasteiger partial charge in [0.25, 0.3) is 0 Å². The van der Waals surface area contributed by atoms with Gasteiger partial charge in [0.1, 0.15) is 0 Å². The standard InChI is InChI=1S/C15H22F3N3O4/c1-21-9-8-20-13(21)14(24,15(16,17)18)10-11(22)19-7-5-3-4-6-12(23)25-2/h8-9,24H,3-7,10H2,1-2H3,(H,19,22). The minimum Gasteiger partial charge on any atom is -0.469 e. The van der Waals surface area contributed by atoms with Crippen LogP contribution >= 0.6 is 0 Å². The van der Waals surface area contributed by atoms with Gasteiger partial charge in [0.05, 0.1) is 13.5 Å². The molecular weight excluding hydrogens is 343 g/mol. The van der Waals surface area contributed by atoms with E-state index in [0.29, 0.717) is 19.3 Å². The first-order valence-electron chi connectivity index (χ1n) is 7.72. The Morgan fingerprint density at radius 1 is 1.32 bits per heavy atom. The first-order chi connectivity index (χ1) is 11.6. The van der Waals surface area contributed by atoms with E-state index in [0.717, 1.165) is 10.8 Å². The van der Waals surface area contributed by atoms with Crippen LogP contribution < -0.4 is 5.32 Å². The number of alkyl halides is 3. The van der Waals surface area contributed by atoms with E-state index in [4.69, 9.17) is 0 Å². The number of unbranched alkanes of at least 4 members (excludes halogenated alkanes) is 2. The Morgan fingerprint density at radius 3 is 2.52 bits per heavy atom. The van der Waals surface area contributed by atoms with E-state index in [9.17, 15) is 27.9 Å². The van der Waals surface area contributed by atoms with Crippen molar-refractivity contribution in [3.05, 3.63) is 18.2 Å². The number of nitrogens with zero attached hydrogens (tertiary/aromatic N) is 2. The smallest absolute Gasteiger partial charge is 0.425 e. The third kappa shape index (κ3) is 5.73. The zero-order chi connectivity index (χ0) is 19.1. The van der Waals surface area contributed by atoms with Gasteiger partial charge in [-0.1, -0.05) is 6.42 Å². The molecule has 0 aliphatic carbocycles. The summed E-state index contributed by atoms with van der Waals surface area (Å²) in [4.78, 5) is 26.2. The molecular formula is C15H22F3N3O4. The Labute approximate surface area is 143 Å². The second kappa shape index (κ2) is 8.84. The Hall–Kier alpha value is -2.10. The van der Waals surface area contributed by atoms with Crippen molar-refractivity contribution in [1.29, 1.82) is 0 Å². The summed E-state index contributed by atoms with van der Waals surface area (Å²) in [6, 6.07) is 0. The highest BCUT2D eigenvalue weighted by atomic mass is 19.4. The maximum absolute atomic E-state index is 13.3. The molecule has 0 bridgehead atoms. The Balaban J connectivity index is 2.52. The lowest BCUT2D eigenvalue weighted by molar-refractivity contribution is -0.271. The van der Waals surface area contributed by atoms with Gasteiger partial charge < -0.3 is 19.7 Å². The van der Waals surface area contributed by atoms with E-state index < -0.39 is 29.9 Å². The fourth-order valence-electron chi connectivity index (χ4n) is 2.27. The molecule has 0 aliphatic rings. The van der Waals surface area contributed by atoms with Crippen LogP contribution in [0.3, 0.4) is 0 Å². The lowest BCUT2D eigenvalue weighted by atomic mass is 9.97. The van der Waals surface area contributed by atoms with Crippen LogP contribution in [-0.2, 0) is 27.0 Å². The number of amides is 1. The SMILES string of the molecule is COC(=O)CCCCCNC(=O)CC(O)(c1nccn1C)C(F)(F)F. The summed E-state index contributed by atoms with van der Waals surface area (Å²) in [5.74, 6) is -1.92. The lowest BCUT2D eigenvalue weighted by Gasteiger charge is -2.29. The molecule has 142 valence electrons. The van der Waals surface area contributed by atoms with Gasteiger partial charge in [-0.3, -0.25) is 9.59 Å². The normalized spacial score (nSPS) is 14.0. The van der Waals surface area contributed by atoms with Gasteiger partial charge in [-0.05, 0) is 12.8 Å². The molecule has 0 spiro atoms.